The smallest absolute Gasteiger partial charge is 0.306 e. The molecule has 0 aliphatic rings. The fourth-order valence-electron chi connectivity index (χ4n) is 12.4. The molecule has 0 aliphatic carbocycles. The number of aliphatic hydroxyl groups excluding tert-OH is 1. The number of ether oxygens (including phenoxy) is 2. The van der Waals surface area contributed by atoms with E-state index in [9.17, 15) is 14.7 Å². The van der Waals surface area contributed by atoms with Crippen LogP contribution in [-0.4, -0.2) is 36.4 Å². The predicted molar refractivity (Wildman–Crippen MR) is 417 cm³/mol. The summed E-state index contributed by atoms with van der Waals surface area (Å²) < 4.78 is 10.8. The first-order chi connectivity index (χ1) is 46.6. The maximum Gasteiger partial charge on any atom is 0.306 e. The second-order valence-electron chi connectivity index (χ2n) is 27.8. The Balaban J connectivity index is 3.42. The van der Waals surface area contributed by atoms with Gasteiger partial charge in [0.2, 0.25) is 0 Å². The van der Waals surface area contributed by atoms with Crippen LogP contribution < -0.4 is 0 Å². The third kappa shape index (κ3) is 81.0. The molecule has 1 unspecified atom stereocenters. The van der Waals surface area contributed by atoms with E-state index >= 15 is 0 Å². The first kappa shape index (κ1) is 90.6. The summed E-state index contributed by atoms with van der Waals surface area (Å²) in [6.45, 7) is 4.07. The summed E-state index contributed by atoms with van der Waals surface area (Å²) in [5.74, 6) is -0.574. The topological polar surface area (TPSA) is 72.8 Å². The minimum atomic E-state index is -0.778. The molecule has 0 fully saturated rings. The highest BCUT2D eigenvalue weighted by Gasteiger charge is 2.16. The molecule has 0 aromatic heterocycles. The molecular weight excluding hydrogens is 1150 g/mol. The van der Waals surface area contributed by atoms with Crippen molar-refractivity contribution in [3.05, 3.63) is 109 Å². The van der Waals surface area contributed by atoms with Gasteiger partial charge in [0.1, 0.15) is 6.61 Å². The number of carbonyl (C=O) groups is 2. The highest BCUT2D eigenvalue weighted by atomic mass is 16.6. The Bertz CT molecular complexity index is 1780. The Morgan fingerprint density at radius 3 is 0.702 bits per heavy atom. The number of hydrogen-bond donors (Lipinski definition) is 1. The third-order valence-corrected chi connectivity index (χ3v) is 18.6. The van der Waals surface area contributed by atoms with E-state index in [1.807, 2.05) is 0 Å². The van der Waals surface area contributed by atoms with Crippen LogP contribution >= 0.6 is 0 Å². The minimum absolute atomic E-state index is 0.0648. The van der Waals surface area contributed by atoms with Gasteiger partial charge >= 0.3 is 11.9 Å². The molecule has 5 heteroatoms. The second kappa shape index (κ2) is 83.8. The lowest BCUT2D eigenvalue weighted by atomic mass is 10.0. The summed E-state index contributed by atoms with van der Waals surface area (Å²) in [5.41, 5.74) is 0. The van der Waals surface area contributed by atoms with Crippen molar-refractivity contribution in [2.24, 2.45) is 0 Å². The molecule has 1 atom stereocenters. The monoisotopic (exact) mass is 1310 g/mol. The number of allylic oxidation sites excluding steroid dienone is 18. The van der Waals surface area contributed by atoms with E-state index < -0.39 is 6.10 Å². The average molecular weight is 1310 g/mol. The number of hydrogen-bond acceptors (Lipinski definition) is 5. The molecule has 0 rings (SSSR count). The standard InChI is InChI=1S/C89H158O5/c1-3-5-7-9-11-13-15-17-19-21-23-25-27-29-31-33-35-37-39-41-43-44-46-47-49-51-53-55-57-59-61-63-65-67-69-71-73-75-77-79-81-83-88(91)93-86-87(85-90)94-89(92)84-82-80-78-76-74-72-70-68-66-64-62-60-58-56-54-52-50-48-45-42-40-38-36-34-32-30-28-26-24-22-20-18-16-14-12-10-8-6-4-2/h6,8,12,14,18,20-21,23-24,26,30,32,36,38,42,45,50,52,87,90H,3-5,7,9-11,13,15-17,19,22,25,27-29,31,33-35,37,39-41,43-44,46-49,51,53-86H2,1-2H3/b8-6-,14-12-,20-18-,23-21-,26-24-,32-30-,38-36-,45-42-,52-50-. The summed E-state index contributed by atoms with van der Waals surface area (Å²) in [6, 6.07) is 0. The molecule has 0 aromatic carbocycles. The van der Waals surface area contributed by atoms with Crippen LogP contribution in [0, 0.1) is 0 Å². The van der Waals surface area contributed by atoms with E-state index in [1.54, 1.807) is 0 Å². The lowest BCUT2D eigenvalue weighted by molar-refractivity contribution is -0.161. The van der Waals surface area contributed by atoms with Crippen molar-refractivity contribution in [3.8, 4) is 0 Å². The highest BCUT2D eigenvalue weighted by Crippen LogP contribution is 2.20. The van der Waals surface area contributed by atoms with E-state index in [-0.39, 0.29) is 25.2 Å². The number of rotatable bonds is 77. The Morgan fingerprint density at radius 1 is 0.255 bits per heavy atom. The van der Waals surface area contributed by atoms with Gasteiger partial charge in [-0.25, -0.2) is 0 Å². The Kier molecular flexibility index (Phi) is 80.7. The van der Waals surface area contributed by atoms with Crippen molar-refractivity contribution in [1.29, 1.82) is 0 Å². The molecule has 0 aromatic rings. The van der Waals surface area contributed by atoms with Gasteiger partial charge < -0.3 is 14.6 Å². The van der Waals surface area contributed by atoms with Gasteiger partial charge in [0, 0.05) is 12.8 Å². The molecule has 0 saturated heterocycles. The number of aliphatic hydroxyl groups is 1. The van der Waals surface area contributed by atoms with Crippen molar-refractivity contribution < 1.29 is 24.2 Å². The van der Waals surface area contributed by atoms with Crippen molar-refractivity contribution >= 4 is 11.9 Å². The summed E-state index contributed by atoms with van der Waals surface area (Å²) >= 11 is 0. The summed E-state index contributed by atoms with van der Waals surface area (Å²) in [4.78, 5) is 24.7. The van der Waals surface area contributed by atoms with E-state index in [2.05, 4.69) is 123 Å². The van der Waals surface area contributed by atoms with Crippen molar-refractivity contribution in [2.45, 2.75) is 431 Å². The quantitative estimate of drug-likeness (QED) is 0.0373. The van der Waals surface area contributed by atoms with Crippen molar-refractivity contribution in [2.75, 3.05) is 13.2 Å². The molecule has 94 heavy (non-hydrogen) atoms. The van der Waals surface area contributed by atoms with E-state index in [0.717, 1.165) is 89.9 Å². The molecule has 0 bridgehead atoms. The SMILES string of the molecule is CC/C=C\C/C=C\C/C=C\C/C=C\C/C=C\C/C=C\C/C=C\C/C=C\CCCCCCCCCCCCCCCCC(=O)OC(CO)COC(=O)CCCCCCCCCCCCCCCCCCCCCCCCCCCCCCC/C=C\CCCCCCCCCC. The summed E-state index contributed by atoms with van der Waals surface area (Å²) in [7, 11) is 0. The lowest BCUT2D eigenvalue weighted by Crippen LogP contribution is -2.28. The van der Waals surface area contributed by atoms with Gasteiger partial charge in [-0.3, -0.25) is 9.59 Å². The normalized spacial score (nSPS) is 12.8. The largest absolute Gasteiger partial charge is 0.462 e. The zero-order valence-corrected chi connectivity index (χ0v) is 62.7. The number of carbonyl (C=O) groups excluding carboxylic acids is 2. The molecule has 1 N–H and O–H groups in total. The first-order valence-corrected chi connectivity index (χ1v) is 41.4. The molecule has 0 heterocycles. The van der Waals surface area contributed by atoms with Crippen LogP contribution in [0.3, 0.4) is 0 Å². The van der Waals surface area contributed by atoms with Gasteiger partial charge in [-0.1, -0.05) is 419 Å². The fourth-order valence-corrected chi connectivity index (χ4v) is 12.4. The molecule has 0 amide bonds. The van der Waals surface area contributed by atoms with Crippen LogP contribution in [0.2, 0.25) is 0 Å². The van der Waals surface area contributed by atoms with Crippen molar-refractivity contribution in [3.63, 3.8) is 0 Å². The maximum absolute atomic E-state index is 12.4. The zero-order chi connectivity index (χ0) is 67.5. The first-order valence-electron chi connectivity index (χ1n) is 41.4. The third-order valence-electron chi connectivity index (χ3n) is 18.6. The van der Waals surface area contributed by atoms with Crippen LogP contribution in [0.1, 0.15) is 425 Å². The molecule has 0 saturated carbocycles. The fraction of sp³-hybridized carbons (Fsp3) is 0.775. The molecular formula is C89H158O5. The summed E-state index contributed by atoms with van der Waals surface area (Å²) in [5, 5.41) is 9.74. The second-order valence-corrected chi connectivity index (χ2v) is 27.8. The Hall–Kier alpha value is -3.44. The van der Waals surface area contributed by atoms with Crippen molar-refractivity contribution in [1.82, 2.24) is 0 Å². The molecule has 0 aliphatic heterocycles. The number of esters is 2. The Labute approximate surface area is 586 Å². The van der Waals surface area contributed by atoms with Gasteiger partial charge in [-0.05, 0) is 103 Å². The van der Waals surface area contributed by atoms with Gasteiger partial charge in [0.15, 0.2) is 6.10 Å². The molecule has 0 spiro atoms. The maximum atomic E-state index is 12.4. The molecule has 5 nitrogen and oxygen atoms in total. The molecule has 0 radical (unpaired) electrons. The van der Waals surface area contributed by atoms with Gasteiger partial charge in [-0.2, -0.15) is 0 Å². The van der Waals surface area contributed by atoms with Crippen LogP contribution in [-0.2, 0) is 19.1 Å². The highest BCUT2D eigenvalue weighted by molar-refractivity contribution is 5.70. The van der Waals surface area contributed by atoms with Crippen LogP contribution in [0.4, 0.5) is 0 Å². The zero-order valence-electron chi connectivity index (χ0n) is 62.7. The van der Waals surface area contributed by atoms with Gasteiger partial charge in [0.25, 0.3) is 0 Å². The van der Waals surface area contributed by atoms with E-state index in [4.69, 9.17) is 9.47 Å². The van der Waals surface area contributed by atoms with Gasteiger partial charge in [0.05, 0.1) is 6.61 Å². The lowest BCUT2D eigenvalue weighted by Gasteiger charge is -2.15. The van der Waals surface area contributed by atoms with Crippen LogP contribution in [0.25, 0.3) is 0 Å². The molecule has 544 valence electrons. The predicted octanol–water partition coefficient (Wildman–Crippen LogP) is 29.4. The Morgan fingerprint density at radius 2 is 0.457 bits per heavy atom. The van der Waals surface area contributed by atoms with E-state index in [0.29, 0.717) is 12.8 Å². The van der Waals surface area contributed by atoms with Crippen LogP contribution in [0.5, 0.6) is 0 Å². The summed E-state index contributed by atoms with van der Waals surface area (Å²) in [6.07, 6.45) is 122. The van der Waals surface area contributed by atoms with E-state index in [1.165, 1.54) is 308 Å². The van der Waals surface area contributed by atoms with Crippen LogP contribution in [0.15, 0.2) is 109 Å². The van der Waals surface area contributed by atoms with Gasteiger partial charge in [-0.15, -0.1) is 0 Å². The average Bonchev–Trinajstić information content (AvgIpc) is 3.65. The number of unbranched alkanes of at least 4 members (excludes halogenated alkanes) is 51. The minimum Gasteiger partial charge on any atom is -0.462 e.